The monoisotopic (exact) mass is 252 g/mol. The lowest BCUT2D eigenvalue weighted by molar-refractivity contribution is -0.147. The van der Waals surface area contributed by atoms with E-state index in [4.69, 9.17) is 0 Å². The molecule has 5 heteroatoms. The molecule has 0 atom stereocenters. The minimum Gasteiger partial charge on any atom is -0.315 e. The Bertz CT molecular complexity index is 212. The van der Waals surface area contributed by atoms with E-state index in [9.17, 15) is 13.2 Å². The number of nitrogens with zero attached hydrogens (tertiary/aromatic N) is 1. The first-order valence-corrected chi connectivity index (χ1v) is 6.40. The molecule has 1 N–H and O–H groups in total. The van der Waals surface area contributed by atoms with Crippen LogP contribution in [0.1, 0.15) is 33.1 Å². The van der Waals surface area contributed by atoms with Crippen LogP contribution in [0.3, 0.4) is 0 Å². The Morgan fingerprint density at radius 1 is 1.24 bits per heavy atom. The van der Waals surface area contributed by atoms with Gasteiger partial charge in [0.15, 0.2) is 0 Å². The first kappa shape index (κ1) is 14.8. The van der Waals surface area contributed by atoms with Gasteiger partial charge < -0.3 is 5.32 Å². The minimum atomic E-state index is -4.07. The quantitative estimate of drug-likeness (QED) is 0.668. The van der Waals surface area contributed by atoms with Gasteiger partial charge in [0.25, 0.3) is 0 Å². The third kappa shape index (κ3) is 7.60. The number of hydrogen-bond acceptors (Lipinski definition) is 2. The van der Waals surface area contributed by atoms with E-state index in [0.29, 0.717) is 19.0 Å². The van der Waals surface area contributed by atoms with Crippen molar-refractivity contribution in [1.29, 1.82) is 0 Å². The Hall–Kier alpha value is -0.290. The molecule has 0 spiro atoms. The van der Waals surface area contributed by atoms with E-state index in [1.165, 1.54) is 0 Å². The number of nitrogens with one attached hydrogen (secondary N) is 1. The lowest BCUT2D eigenvalue weighted by atomic mass is 10.1. The van der Waals surface area contributed by atoms with Crippen molar-refractivity contribution in [1.82, 2.24) is 10.2 Å². The van der Waals surface area contributed by atoms with E-state index >= 15 is 0 Å². The van der Waals surface area contributed by atoms with Crippen LogP contribution in [0.4, 0.5) is 13.2 Å². The summed E-state index contributed by atoms with van der Waals surface area (Å²) in [4.78, 5) is 1.56. The molecule has 1 aliphatic carbocycles. The largest absolute Gasteiger partial charge is 0.401 e. The summed E-state index contributed by atoms with van der Waals surface area (Å²) in [5.41, 5.74) is 0. The summed E-state index contributed by atoms with van der Waals surface area (Å²) >= 11 is 0. The van der Waals surface area contributed by atoms with Gasteiger partial charge in [-0.25, -0.2) is 0 Å². The molecule has 2 nitrogen and oxygen atoms in total. The van der Waals surface area contributed by atoms with Crippen LogP contribution in [0, 0.1) is 5.92 Å². The zero-order chi connectivity index (χ0) is 12.9. The molecule has 0 aromatic rings. The van der Waals surface area contributed by atoms with E-state index in [1.807, 2.05) is 0 Å². The fraction of sp³-hybridized carbons (Fsp3) is 1.00. The highest BCUT2D eigenvalue weighted by atomic mass is 19.4. The van der Waals surface area contributed by atoms with Gasteiger partial charge in [-0.2, -0.15) is 13.2 Å². The van der Waals surface area contributed by atoms with Crippen molar-refractivity contribution in [2.75, 3.05) is 26.2 Å². The zero-order valence-electron chi connectivity index (χ0n) is 10.7. The van der Waals surface area contributed by atoms with Crippen molar-refractivity contribution in [2.45, 2.75) is 45.3 Å². The van der Waals surface area contributed by atoms with Crippen molar-refractivity contribution in [3.8, 4) is 0 Å². The molecule has 17 heavy (non-hydrogen) atoms. The zero-order valence-corrected chi connectivity index (χ0v) is 10.7. The third-order valence-corrected chi connectivity index (χ3v) is 2.92. The van der Waals surface area contributed by atoms with Gasteiger partial charge in [0.1, 0.15) is 0 Å². The number of alkyl halides is 3. The smallest absolute Gasteiger partial charge is 0.315 e. The fourth-order valence-corrected chi connectivity index (χ4v) is 1.80. The van der Waals surface area contributed by atoms with E-state index < -0.39 is 12.7 Å². The van der Waals surface area contributed by atoms with Crippen molar-refractivity contribution in [3.05, 3.63) is 0 Å². The average molecular weight is 252 g/mol. The summed E-state index contributed by atoms with van der Waals surface area (Å²) in [7, 11) is 0. The van der Waals surface area contributed by atoms with Gasteiger partial charge in [-0.05, 0) is 31.7 Å². The predicted octanol–water partition coefficient (Wildman–Crippen LogP) is 2.65. The highest BCUT2D eigenvalue weighted by Gasteiger charge is 2.37. The third-order valence-electron chi connectivity index (χ3n) is 2.92. The highest BCUT2D eigenvalue weighted by Crippen LogP contribution is 2.29. The van der Waals surface area contributed by atoms with E-state index in [2.05, 4.69) is 19.2 Å². The van der Waals surface area contributed by atoms with Crippen molar-refractivity contribution < 1.29 is 13.2 Å². The topological polar surface area (TPSA) is 15.3 Å². The van der Waals surface area contributed by atoms with E-state index in [-0.39, 0.29) is 6.04 Å². The molecular formula is C12H23F3N2. The molecule has 0 heterocycles. The molecule has 1 aliphatic rings. The maximum atomic E-state index is 12.3. The lowest BCUT2D eigenvalue weighted by Gasteiger charge is -2.23. The van der Waals surface area contributed by atoms with Crippen LogP contribution in [-0.4, -0.2) is 43.3 Å². The van der Waals surface area contributed by atoms with Crippen LogP contribution >= 0.6 is 0 Å². The second-order valence-electron chi connectivity index (χ2n) is 5.25. The van der Waals surface area contributed by atoms with E-state index in [1.54, 1.807) is 4.90 Å². The van der Waals surface area contributed by atoms with Crippen LogP contribution in [-0.2, 0) is 0 Å². The fourth-order valence-electron chi connectivity index (χ4n) is 1.80. The van der Waals surface area contributed by atoms with Crippen LogP contribution in [0.15, 0.2) is 0 Å². The SMILES string of the molecule is CC(C)CCNCCN(CC(F)(F)F)C1CC1. The second-order valence-corrected chi connectivity index (χ2v) is 5.25. The molecular weight excluding hydrogens is 229 g/mol. The van der Waals surface area contributed by atoms with E-state index in [0.717, 1.165) is 25.8 Å². The van der Waals surface area contributed by atoms with Gasteiger partial charge in [0, 0.05) is 19.1 Å². The van der Waals surface area contributed by atoms with Crippen LogP contribution < -0.4 is 5.32 Å². The van der Waals surface area contributed by atoms with Crippen molar-refractivity contribution in [2.24, 2.45) is 5.92 Å². The molecule has 0 saturated heterocycles. The maximum absolute atomic E-state index is 12.3. The van der Waals surface area contributed by atoms with Gasteiger partial charge in [0.2, 0.25) is 0 Å². The van der Waals surface area contributed by atoms with Gasteiger partial charge >= 0.3 is 6.18 Å². The molecule has 0 bridgehead atoms. The molecule has 1 fully saturated rings. The number of hydrogen-bond donors (Lipinski definition) is 1. The number of rotatable bonds is 8. The van der Waals surface area contributed by atoms with Crippen LogP contribution in [0.25, 0.3) is 0 Å². The first-order chi connectivity index (χ1) is 7.88. The Kier molecular flexibility index (Phi) is 5.73. The summed E-state index contributed by atoms with van der Waals surface area (Å²) in [6.45, 7) is 5.57. The molecule has 0 aromatic heterocycles. The lowest BCUT2D eigenvalue weighted by Crippen LogP contribution is -2.40. The number of halogens is 3. The van der Waals surface area contributed by atoms with Crippen LogP contribution in [0.2, 0.25) is 0 Å². The predicted molar refractivity (Wildman–Crippen MR) is 63.0 cm³/mol. The molecule has 1 saturated carbocycles. The Morgan fingerprint density at radius 3 is 2.35 bits per heavy atom. The van der Waals surface area contributed by atoms with Gasteiger partial charge in [-0.15, -0.1) is 0 Å². The minimum absolute atomic E-state index is 0.170. The maximum Gasteiger partial charge on any atom is 0.401 e. The van der Waals surface area contributed by atoms with Crippen LogP contribution in [0.5, 0.6) is 0 Å². The van der Waals surface area contributed by atoms with Gasteiger partial charge in [-0.3, -0.25) is 4.90 Å². The van der Waals surface area contributed by atoms with Gasteiger partial charge in [0.05, 0.1) is 6.54 Å². The molecule has 102 valence electrons. The average Bonchev–Trinajstić information content (AvgIpc) is 2.96. The summed E-state index contributed by atoms with van der Waals surface area (Å²) in [6, 6.07) is 0.170. The summed E-state index contributed by atoms with van der Waals surface area (Å²) in [6.07, 6.45) is -1.16. The highest BCUT2D eigenvalue weighted by molar-refractivity contribution is 4.85. The summed E-state index contributed by atoms with van der Waals surface area (Å²) < 4.78 is 36.9. The Morgan fingerprint density at radius 2 is 1.88 bits per heavy atom. The van der Waals surface area contributed by atoms with Crippen molar-refractivity contribution in [3.63, 3.8) is 0 Å². The normalized spacial score (nSPS) is 17.1. The molecule has 0 aliphatic heterocycles. The molecule has 0 aromatic carbocycles. The second kappa shape index (κ2) is 6.59. The first-order valence-electron chi connectivity index (χ1n) is 6.40. The van der Waals surface area contributed by atoms with Crippen molar-refractivity contribution >= 4 is 0 Å². The molecule has 0 amide bonds. The van der Waals surface area contributed by atoms with Gasteiger partial charge in [-0.1, -0.05) is 13.8 Å². The Labute approximate surface area is 102 Å². The molecule has 1 rings (SSSR count). The molecule has 0 radical (unpaired) electrons. The standard InChI is InChI=1S/C12H23F3N2/c1-10(2)5-6-16-7-8-17(11-3-4-11)9-12(13,14)15/h10-11,16H,3-9H2,1-2H3. The summed E-state index contributed by atoms with van der Waals surface area (Å²) in [5, 5.41) is 3.21. The molecule has 0 unspecified atom stereocenters. The summed E-state index contributed by atoms with van der Waals surface area (Å²) in [5.74, 6) is 0.636. The Balaban J connectivity index is 2.12.